The van der Waals surface area contributed by atoms with E-state index >= 15 is 0 Å². The van der Waals surface area contributed by atoms with Gasteiger partial charge in [0, 0.05) is 13.0 Å². The Balaban J connectivity index is 1.54. The first-order valence-corrected chi connectivity index (χ1v) is 10.3. The molecule has 1 aliphatic heterocycles. The molecule has 1 saturated heterocycles. The highest BCUT2D eigenvalue weighted by molar-refractivity contribution is 8.18. The second kappa shape index (κ2) is 10.1. The van der Waals surface area contributed by atoms with Crippen molar-refractivity contribution in [2.45, 2.75) is 6.42 Å². The number of hydrogen-bond donors (Lipinski definition) is 2. The van der Waals surface area contributed by atoms with Crippen LogP contribution in [0.1, 0.15) is 22.3 Å². The standard InChI is InChI=1S/C21H18ClN3O5S/c1-30-14-6-4-5-13(11-14)12-17-20(28)25(21(29)31-17)10-9-18(26)23-24-19(27)15-7-2-3-8-16(15)22/h2-8,11-12H,9-10H2,1H3,(H,23,26)(H,24,27)/b17-12+. The largest absolute Gasteiger partial charge is 0.497 e. The van der Waals surface area contributed by atoms with E-state index in [0.29, 0.717) is 11.3 Å². The highest BCUT2D eigenvalue weighted by Crippen LogP contribution is 2.32. The molecule has 160 valence electrons. The number of hydrazine groups is 1. The highest BCUT2D eigenvalue weighted by Gasteiger charge is 2.35. The minimum atomic E-state index is -0.577. The molecule has 0 atom stereocenters. The van der Waals surface area contributed by atoms with Crippen LogP contribution >= 0.6 is 23.4 Å². The Bertz CT molecular complexity index is 1070. The lowest BCUT2D eigenvalue weighted by atomic mass is 10.2. The molecule has 10 heteroatoms. The van der Waals surface area contributed by atoms with Crippen LogP contribution in [-0.4, -0.2) is 41.5 Å². The first-order valence-electron chi connectivity index (χ1n) is 9.12. The minimum absolute atomic E-state index is 0.117. The van der Waals surface area contributed by atoms with Gasteiger partial charge < -0.3 is 4.74 Å². The molecule has 1 heterocycles. The number of benzene rings is 2. The summed E-state index contributed by atoms with van der Waals surface area (Å²) in [6, 6.07) is 13.4. The summed E-state index contributed by atoms with van der Waals surface area (Å²) >= 11 is 6.73. The normalized spacial score (nSPS) is 14.6. The summed E-state index contributed by atoms with van der Waals surface area (Å²) in [4.78, 5) is 50.1. The molecule has 2 N–H and O–H groups in total. The second-order valence-electron chi connectivity index (χ2n) is 6.34. The van der Waals surface area contributed by atoms with Gasteiger partial charge in [-0.25, -0.2) is 0 Å². The highest BCUT2D eigenvalue weighted by atomic mass is 35.5. The minimum Gasteiger partial charge on any atom is -0.497 e. The third kappa shape index (κ3) is 5.65. The number of imide groups is 1. The van der Waals surface area contributed by atoms with Crippen molar-refractivity contribution < 1.29 is 23.9 Å². The van der Waals surface area contributed by atoms with Gasteiger partial charge in [0.2, 0.25) is 5.91 Å². The van der Waals surface area contributed by atoms with Crippen molar-refractivity contribution in [3.05, 3.63) is 69.6 Å². The number of halogens is 1. The number of nitrogens with one attached hydrogen (secondary N) is 2. The van der Waals surface area contributed by atoms with Crippen molar-refractivity contribution in [1.29, 1.82) is 0 Å². The molecule has 2 aromatic rings. The average molecular weight is 460 g/mol. The van der Waals surface area contributed by atoms with Crippen LogP contribution < -0.4 is 15.6 Å². The van der Waals surface area contributed by atoms with Crippen molar-refractivity contribution in [2.24, 2.45) is 0 Å². The predicted molar refractivity (Wildman–Crippen MR) is 117 cm³/mol. The number of nitrogens with zero attached hydrogens (tertiary/aromatic N) is 1. The van der Waals surface area contributed by atoms with Crippen LogP contribution in [0.25, 0.3) is 6.08 Å². The van der Waals surface area contributed by atoms with E-state index in [1.807, 2.05) is 0 Å². The fourth-order valence-electron chi connectivity index (χ4n) is 2.69. The number of rotatable bonds is 6. The van der Waals surface area contributed by atoms with Gasteiger partial charge in [-0.05, 0) is 47.7 Å². The topological polar surface area (TPSA) is 105 Å². The Morgan fingerprint density at radius 2 is 1.90 bits per heavy atom. The molecule has 31 heavy (non-hydrogen) atoms. The van der Waals surface area contributed by atoms with Crippen molar-refractivity contribution in [2.75, 3.05) is 13.7 Å². The van der Waals surface area contributed by atoms with Crippen LogP contribution in [0.15, 0.2) is 53.4 Å². The Kier molecular flexibility index (Phi) is 7.32. The quantitative estimate of drug-likeness (QED) is 0.507. The molecule has 2 aromatic carbocycles. The fraction of sp³-hybridized carbons (Fsp3) is 0.143. The summed E-state index contributed by atoms with van der Waals surface area (Å²) in [6.07, 6.45) is 1.42. The summed E-state index contributed by atoms with van der Waals surface area (Å²) in [6.45, 7) is -0.117. The van der Waals surface area contributed by atoms with E-state index in [9.17, 15) is 19.2 Å². The lowest BCUT2D eigenvalue weighted by molar-refractivity contribution is -0.124. The predicted octanol–water partition coefficient (Wildman–Crippen LogP) is 3.24. The molecule has 0 aromatic heterocycles. The van der Waals surface area contributed by atoms with E-state index in [1.54, 1.807) is 48.5 Å². The lowest BCUT2D eigenvalue weighted by Gasteiger charge is -2.13. The van der Waals surface area contributed by atoms with E-state index in [1.165, 1.54) is 13.2 Å². The van der Waals surface area contributed by atoms with Gasteiger partial charge in [-0.15, -0.1) is 0 Å². The Hall–Kier alpha value is -3.30. The molecule has 0 aliphatic carbocycles. The first-order chi connectivity index (χ1) is 14.9. The molecular formula is C21H18ClN3O5S. The smallest absolute Gasteiger partial charge is 0.293 e. The zero-order chi connectivity index (χ0) is 22.4. The maximum atomic E-state index is 12.5. The zero-order valence-corrected chi connectivity index (χ0v) is 18.0. The number of carbonyl (C=O) groups is 4. The van der Waals surface area contributed by atoms with E-state index < -0.39 is 23.0 Å². The van der Waals surface area contributed by atoms with Crippen LogP contribution in [0.4, 0.5) is 4.79 Å². The van der Waals surface area contributed by atoms with E-state index in [4.69, 9.17) is 16.3 Å². The first kappa shape index (κ1) is 22.4. The van der Waals surface area contributed by atoms with Gasteiger partial charge in [0.1, 0.15) is 5.75 Å². The van der Waals surface area contributed by atoms with Gasteiger partial charge in [0.15, 0.2) is 0 Å². The van der Waals surface area contributed by atoms with Crippen molar-refractivity contribution >= 4 is 52.4 Å². The van der Waals surface area contributed by atoms with Gasteiger partial charge in [-0.3, -0.25) is 34.9 Å². The molecule has 0 bridgehead atoms. The van der Waals surface area contributed by atoms with Gasteiger partial charge in [0.05, 0.1) is 22.6 Å². The lowest BCUT2D eigenvalue weighted by Crippen LogP contribution is -2.43. The van der Waals surface area contributed by atoms with Crippen LogP contribution in [0.3, 0.4) is 0 Å². The van der Waals surface area contributed by atoms with Crippen LogP contribution in [-0.2, 0) is 9.59 Å². The maximum Gasteiger partial charge on any atom is 0.293 e. The number of ether oxygens (including phenoxy) is 1. The van der Waals surface area contributed by atoms with Crippen molar-refractivity contribution in [3.8, 4) is 5.75 Å². The molecule has 0 radical (unpaired) electrons. The molecule has 1 fully saturated rings. The third-order valence-electron chi connectivity index (χ3n) is 4.26. The average Bonchev–Trinajstić information content (AvgIpc) is 3.03. The summed E-state index contributed by atoms with van der Waals surface area (Å²) in [5.74, 6) is -0.989. The van der Waals surface area contributed by atoms with E-state index in [-0.39, 0.29) is 28.5 Å². The third-order valence-corrected chi connectivity index (χ3v) is 5.50. The van der Waals surface area contributed by atoms with Gasteiger partial charge in [-0.1, -0.05) is 35.9 Å². The van der Waals surface area contributed by atoms with E-state index in [0.717, 1.165) is 16.7 Å². The number of methoxy groups -OCH3 is 1. The van der Waals surface area contributed by atoms with Crippen LogP contribution in [0.5, 0.6) is 5.75 Å². The number of hydrogen-bond acceptors (Lipinski definition) is 6. The van der Waals surface area contributed by atoms with Crippen molar-refractivity contribution in [1.82, 2.24) is 15.8 Å². The molecule has 0 saturated carbocycles. The molecule has 0 unspecified atom stereocenters. The summed E-state index contributed by atoms with van der Waals surface area (Å²) in [5.41, 5.74) is 5.41. The molecular weight excluding hydrogens is 442 g/mol. The Morgan fingerprint density at radius 1 is 1.13 bits per heavy atom. The monoisotopic (exact) mass is 459 g/mol. The Labute approximate surface area is 187 Å². The molecule has 3 rings (SSSR count). The summed E-state index contributed by atoms with van der Waals surface area (Å²) in [5, 5.41) is -0.220. The SMILES string of the molecule is COc1cccc(/C=C2/SC(=O)N(CCC(=O)NNC(=O)c3ccccc3Cl)C2=O)c1. The van der Waals surface area contributed by atoms with Crippen molar-refractivity contribution in [3.63, 3.8) is 0 Å². The fourth-order valence-corrected chi connectivity index (χ4v) is 3.78. The summed E-state index contributed by atoms with van der Waals surface area (Å²) < 4.78 is 5.15. The Morgan fingerprint density at radius 3 is 2.65 bits per heavy atom. The van der Waals surface area contributed by atoms with Gasteiger partial charge >= 0.3 is 0 Å². The molecule has 8 nitrogen and oxygen atoms in total. The molecule has 1 aliphatic rings. The van der Waals surface area contributed by atoms with Crippen LogP contribution in [0, 0.1) is 0 Å². The molecule has 4 amide bonds. The number of amides is 4. The zero-order valence-electron chi connectivity index (χ0n) is 16.4. The maximum absolute atomic E-state index is 12.5. The number of carbonyl (C=O) groups excluding carboxylic acids is 4. The van der Waals surface area contributed by atoms with Crippen LogP contribution in [0.2, 0.25) is 5.02 Å². The van der Waals surface area contributed by atoms with Gasteiger partial charge in [0.25, 0.3) is 17.1 Å². The van der Waals surface area contributed by atoms with E-state index in [2.05, 4.69) is 10.9 Å². The summed E-state index contributed by atoms with van der Waals surface area (Å²) in [7, 11) is 1.54. The second-order valence-corrected chi connectivity index (χ2v) is 7.74. The molecule has 0 spiro atoms. The van der Waals surface area contributed by atoms with Gasteiger partial charge in [-0.2, -0.15) is 0 Å². The number of thioether (sulfide) groups is 1.